The summed E-state index contributed by atoms with van der Waals surface area (Å²) in [5.41, 5.74) is 3.89. The molecule has 0 bridgehead atoms. The van der Waals surface area contributed by atoms with Crippen LogP contribution in [0.4, 0.5) is 0 Å². The molecule has 2 unspecified atom stereocenters. The molecule has 0 fully saturated rings. The van der Waals surface area contributed by atoms with Crippen LogP contribution in [0.15, 0.2) is 48.5 Å². The van der Waals surface area contributed by atoms with Gasteiger partial charge in [-0.05, 0) is 29.7 Å². The van der Waals surface area contributed by atoms with Gasteiger partial charge in [-0.15, -0.1) is 0 Å². The first-order valence-electron chi connectivity index (χ1n) is 6.22. The molecule has 0 aromatic heterocycles. The lowest BCUT2D eigenvalue weighted by molar-refractivity contribution is 0.254. The van der Waals surface area contributed by atoms with Gasteiger partial charge >= 0.3 is 0 Å². The molecule has 0 saturated heterocycles. The molecule has 18 heavy (non-hydrogen) atoms. The molecule has 3 rings (SSSR count). The first-order valence-corrected chi connectivity index (χ1v) is 7.14. The maximum Gasteiger partial charge on any atom is 0.123 e. The number of fused-ring (bicyclic) bond motifs is 1. The Hall–Kier alpha value is -1.28. The summed E-state index contributed by atoms with van der Waals surface area (Å²) in [7, 11) is 0. The molecule has 2 aromatic carbocycles. The third-order valence-corrected chi connectivity index (χ3v) is 4.36. The van der Waals surface area contributed by atoms with Crippen molar-refractivity contribution in [1.29, 1.82) is 0 Å². The maximum atomic E-state index is 5.73. The first-order chi connectivity index (χ1) is 8.74. The van der Waals surface area contributed by atoms with Crippen molar-refractivity contribution in [3.8, 4) is 5.75 Å². The number of benzene rings is 2. The second-order valence-electron chi connectivity index (χ2n) is 4.77. The first kappa shape index (κ1) is 11.8. The minimum Gasteiger partial charge on any atom is -0.490 e. The highest BCUT2D eigenvalue weighted by Crippen LogP contribution is 2.36. The number of ether oxygens (including phenoxy) is 1. The molecule has 1 aliphatic heterocycles. The molecular weight excluding hydrogens is 288 g/mol. The topological polar surface area (TPSA) is 9.23 Å². The average molecular weight is 303 g/mol. The van der Waals surface area contributed by atoms with Crippen LogP contribution < -0.4 is 4.74 Å². The molecule has 0 N–H and O–H groups in total. The fourth-order valence-corrected chi connectivity index (χ4v) is 3.00. The maximum absolute atomic E-state index is 5.73. The van der Waals surface area contributed by atoms with Crippen LogP contribution in [0.5, 0.6) is 5.75 Å². The Kier molecular flexibility index (Phi) is 3.13. The van der Waals surface area contributed by atoms with Crippen LogP contribution in [0.2, 0.25) is 0 Å². The quantitative estimate of drug-likeness (QED) is 0.743. The Morgan fingerprint density at radius 3 is 2.67 bits per heavy atom. The van der Waals surface area contributed by atoms with E-state index in [1.807, 2.05) is 6.07 Å². The predicted molar refractivity (Wildman–Crippen MR) is 77.4 cm³/mol. The molecule has 1 heterocycles. The fourth-order valence-electron chi connectivity index (χ4n) is 2.41. The summed E-state index contributed by atoms with van der Waals surface area (Å²) in [5.74, 6) is 1.04. The highest BCUT2D eigenvalue weighted by Gasteiger charge is 2.20. The number of rotatable bonds is 2. The summed E-state index contributed by atoms with van der Waals surface area (Å²) < 4.78 is 5.73. The van der Waals surface area contributed by atoms with Gasteiger partial charge in [-0.2, -0.15) is 0 Å². The van der Waals surface area contributed by atoms with Crippen molar-refractivity contribution in [2.45, 2.75) is 24.3 Å². The minimum atomic E-state index is 0.250. The molecule has 2 heteroatoms. The Balaban J connectivity index is 1.92. The monoisotopic (exact) mass is 302 g/mol. The highest BCUT2D eigenvalue weighted by atomic mass is 79.9. The van der Waals surface area contributed by atoms with Gasteiger partial charge < -0.3 is 4.74 Å². The summed E-state index contributed by atoms with van der Waals surface area (Å²) in [4.78, 5) is 0.250. The summed E-state index contributed by atoms with van der Waals surface area (Å²) in [6.07, 6.45) is 1.32. The van der Waals surface area contributed by atoms with Crippen LogP contribution in [-0.4, -0.2) is 6.10 Å². The second kappa shape index (κ2) is 4.77. The molecule has 1 aliphatic rings. The number of alkyl halides is 1. The highest BCUT2D eigenvalue weighted by molar-refractivity contribution is 9.09. The summed E-state index contributed by atoms with van der Waals surface area (Å²) in [5, 5.41) is 0. The molecule has 0 spiro atoms. The van der Waals surface area contributed by atoms with E-state index in [0.717, 1.165) is 12.2 Å². The standard InChI is InChI=1S/C16H15BrO/c1-11-9-14-10-13(7-8-15(14)18-11)16(17)12-5-3-2-4-6-12/h2-8,10-11,16H,9H2,1H3. The van der Waals surface area contributed by atoms with Gasteiger partial charge in [-0.25, -0.2) is 0 Å². The van der Waals surface area contributed by atoms with Gasteiger partial charge in [0.2, 0.25) is 0 Å². The number of halogens is 1. The van der Waals surface area contributed by atoms with Gasteiger partial charge in [-0.3, -0.25) is 0 Å². The molecule has 92 valence electrons. The van der Waals surface area contributed by atoms with Crippen molar-refractivity contribution in [3.63, 3.8) is 0 Å². The summed E-state index contributed by atoms with van der Waals surface area (Å²) >= 11 is 3.78. The van der Waals surface area contributed by atoms with E-state index >= 15 is 0 Å². The molecule has 2 aromatic rings. The molecule has 1 nitrogen and oxygen atoms in total. The van der Waals surface area contributed by atoms with E-state index in [4.69, 9.17) is 4.74 Å². The van der Waals surface area contributed by atoms with E-state index in [1.165, 1.54) is 16.7 Å². The molecule has 2 atom stereocenters. The zero-order valence-corrected chi connectivity index (χ0v) is 11.9. The van der Waals surface area contributed by atoms with E-state index in [9.17, 15) is 0 Å². The van der Waals surface area contributed by atoms with Crippen molar-refractivity contribution in [1.82, 2.24) is 0 Å². The van der Waals surface area contributed by atoms with Gasteiger partial charge in [0.05, 0.1) is 4.83 Å². The molecule has 0 aliphatic carbocycles. The second-order valence-corrected chi connectivity index (χ2v) is 5.69. The zero-order valence-electron chi connectivity index (χ0n) is 10.3. The normalized spacial score (nSPS) is 19.1. The van der Waals surface area contributed by atoms with Crippen molar-refractivity contribution in [2.75, 3.05) is 0 Å². The number of hydrogen-bond acceptors (Lipinski definition) is 1. The third kappa shape index (κ3) is 2.17. The van der Waals surface area contributed by atoms with Crippen molar-refractivity contribution < 1.29 is 4.74 Å². The largest absolute Gasteiger partial charge is 0.490 e. The van der Waals surface area contributed by atoms with Crippen LogP contribution >= 0.6 is 15.9 Å². The number of hydrogen-bond donors (Lipinski definition) is 0. The minimum absolute atomic E-state index is 0.250. The van der Waals surface area contributed by atoms with E-state index in [1.54, 1.807) is 0 Å². The Labute approximate surface area is 116 Å². The van der Waals surface area contributed by atoms with E-state index < -0.39 is 0 Å². The Morgan fingerprint density at radius 2 is 1.89 bits per heavy atom. The molecule has 0 radical (unpaired) electrons. The lowest BCUT2D eigenvalue weighted by Crippen LogP contribution is -2.05. The predicted octanol–water partition coefficient (Wildman–Crippen LogP) is 4.49. The van der Waals surface area contributed by atoms with Crippen molar-refractivity contribution in [2.24, 2.45) is 0 Å². The summed E-state index contributed by atoms with van der Waals surface area (Å²) in [6, 6.07) is 17.0. The van der Waals surface area contributed by atoms with Crippen molar-refractivity contribution in [3.05, 3.63) is 65.2 Å². The smallest absolute Gasteiger partial charge is 0.123 e. The van der Waals surface area contributed by atoms with Crippen LogP contribution in [0.3, 0.4) is 0 Å². The molecular formula is C16H15BrO. The van der Waals surface area contributed by atoms with Gasteiger partial charge in [0.15, 0.2) is 0 Å². The average Bonchev–Trinajstić information content (AvgIpc) is 2.78. The van der Waals surface area contributed by atoms with Crippen LogP contribution in [0.25, 0.3) is 0 Å². The molecule has 0 amide bonds. The van der Waals surface area contributed by atoms with Gasteiger partial charge in [0.1, 0.15) is 11.9 Å². The van der Waals surface area contributed by atoms with Gasteiger partial charge in [-0.1, -0.05) is 58.4 Å². The Morgan fingerprint density at radius 1 is 1.11 bits per heavy atom. The summed E-state index contributed by atoms with van der Waals surface area (Å²) in [6.45, 7) is 2.11. The third-order valence-electron chi connectivity index (χ3n) is 3.30. The van der Waals surface area contributed by atoms with Gasteiger partial charge in [0, 0.05) is 6.42 Å². The molecule has 0 saturated carbocycles. The van der Waals surface area contributed by atoms with Gasteiger partial charge in [0.25, 0.3) is 0 Å². The Bertz CT molecular complexity index is 550. The van der Waals surface area contributed by atoms with E-state index in [2.05, 4.69) is 65.3 Å². The fraction of sp³-hybridized carbons (Fsp3) is 0.250. The lowest BCUT2D eigenvalue weighted by Gasteiger charge is -2.11. The van der Waals surface area contributed by atoms with Crippen LogP contribution in [-0.2, 0) is 6.42 Å². The van der Waals surface area contributed by atoms with E-state index in [-0.39, 0.29) is 4.83 Å². The zero-order chi connectivity index (χ0) is 12.5. The SMILES string of the molecule is CC1Cc2cc(C(Br)c3ccccc3)ccc2O1. The van der Waals surface area contributed by atoms with Crippen molar-refractivity contribution >= 4 is 15.9 Å². The van der Waals surface area contributed by atoms with E-state index in [0.29, 0.717) is 6.10 Å². The van der Waals surface area contributed by atoms with Crippen LogP contribution in [0.1, 0.15) is 28.4 Å². The lowest BCUT2D eigenvalue weighted by atomic mass is 10.0. The van der Waals surface area contributed by atoms with Crippen LogP contribution in [0, 0.1) is 0 Å².